The third kappa shape index (κ3) is 14.7. The molecule has 0 saturated heterocycles. The standard InChI is InChI=1S/C21H43N9O5S/c22-9-3-1-6-13(24)17(31)28-14(7-2-4-10-23)18(32)29-15(8-5-11-27-21(25)26)19(33)30-16(12-36)20(34)35/h13-16,36H,1-12,22-24H2,(H,28,31)(H,29,32)(H,30,33)(H,34,35)(H4,25,26,27). The van der Waals surface area contributed by atoms with Crippen molar-refractivity contribution in [3.63, 3.8) is 0 Å². The van der Waals surface area contributed by atoms with E-state index in [9.17, 15) is 24.3 Å². The Balaban J connectivity index is 5.47. The van der Waals surface area contributed by atoms with Gasteiger partial charge in [-0.3, -0.25) is 19.4 Å². The summed E-state index contributed by atoms with van der Waals surface area (Å²) in [7, 11) is 0. The molecule has 0 aliphatic rings. The molecule has 0 bridgehead atoms. The van der Waals surface area contributed by atoms with Crippen molar-refractivity contribution in [3.05, 3.63) is 0 Å². The van der Waals surface area contributed by atoms with Crippen LogP contribution < -0.4 is 44.6 Å². The maximum Gasteiger partial charge on any atom is 0.327 e. The van der Waals surface area contributed by atoms with E-state index in [1.807, 2.05) is 0 Å². The van der Waals surface area contributed by atoms with Crippen LogP contribution in [0.5, 0.6) is 0 Å². The number of carboxylic acids is 1. The number of carbonyl (C=O) groups excluding carboxylic acids is 3. The highest BCUT2D eigenvalue weighted by atomic mass is 32.1. The summed E-state index contributed by atoms with van der Waals surface area (Å²) in [5, 5.41) is 16.8. The van der Waals surface area contributed by atoms with Gasteiger partial charge < -0.3 is 49.7 Å². The van der Waals surface area contributed by atoms with Crippen LogP contribution in [0, 0.1) is 0 Å². The molecular formula is C21H43N9O5S. The zero-order valence-electron chi connectivity index (χ0n) is 20.7. The molecule has 0 saturated carbocycles. The highest BCUT2D eigenvalue weighted by Gasteiger charge is 2.29. The first kappa shape index (κ1) is 33.4. The molecule has 0 aromatic rings. The molecule has 0 radical (unpaired) electrons. The molecule has 15 heteroatoms. The van der Waals surface area contributed by atoms with Gasteiger partial charge in [-0.2, -0.15) is 12.6 Å². The van der Waals surface area contributed by atoms with Crippen molar-refractivity contribution in [1.29, 1.82) is 0 Å². The Labute approximate surface area is 217 Å². The lowest BCUT2D eigenvalue weighted by Crippen LogP contribution is -2.57. The molecule has 36 heavy (non-hydrogen) atoms. The summed E-state index contributed by atoms with van der Waals surface area (Å²) in [6, 6.07) is -4.12. The van der Waals surface area contributed by atoms with Crippen LogP contribution in [0.25, 0.3) is 0 Å². The Hall–Kier alpha value is -2.62. The van der Waals surface area contributed by atoms with Crippen molar-refractivity contribution < 1.29 is 24.3 Å². The molecule has 0 spiro atoms. The van der Waals surface area contributed by atoms with Gasteiger partial charge in [-0.05, 0) is 58.0 Å². The molecular weight excluding hydrogens is 490 g/mol. The Kier molecular flexibility index (Phi) is 18.1. The van der Waals surface area contributed by atoms with Gasteiger partial charge in [-0.25, -0.2) is 4.79 Å². The minimum absolute atomic E-state index is 0.119. The minimum atomic E-state index is -1.26. The number of aliphatic carboxylic acids is 1. The number of nitrogens with two attached hydrogens (primary N) is 5. The maximum atomic E-state index is 13.1. The molecule has 0 aliphatic carbocycles. The van der Waals surface area contributed by atoms with Crippen molar-refractivity contribution >= 4 is 42.3 Å². The van der Waals surface area contributed by atoms with Gasteiger partial charge in [0.1, 0.15) is 18.1 Å². The Bertz CT molecular complexity index is 722. The summed E-state index contributed by atoms with van der Waals surface area (Å²) in [6.45, 7) is 1.10. The van der Waals surface area contributed by atoms with Crippen molar-refractivity contribution in [3.8, 4) is 0 Å². The Morgan fingerprint density at radius 3 is 1.69 bits per heavy atom. The van der Waals surface area contributed by atoms with Crippen molar-refractivity contribution in [2.24, 2.45) is 33.7 Å². The van der Waals surface area contributed by atoms with Gasteiger partial charge in [0.15, 0.2) is 5.96 Å². The maximum absolute atomic E-state index is 13.1. The Morgan fingerprint density at radius 1 is 0.750 bits per heavy atom. The predicted octanol–water partition coefficient (Wildman–Crippen LogP) is -2.91. The average molecular weight is 534 g/mol. The molecule has 4 atom stereocenters. The summed E-state index contributed by atoms with van der Waals surface area (Å²) >= 11 is 3.94. The Morgan fingerprint density at radius 2 is 1.22 bits per heavy atom. The number of hydrogen-bond donors (Lipinski definition) is 10. The number of guanidine groups is 1. The molecule has 14 N–H and O–H groups in total. The predicted molar refractivity (Wildman–Crippen MR) is 141 cm³/mol. The fourth-order valence-electron chi connectivity index (χ4n) is 3.18. The molecule has 0 heterocycles. The molecule has 14 nitrogen and oxygen atoms in total. The van der Waals surface area contributed by atoms with E-state index in [0.29, 0.717) is 45.2 Å². The summed E-state index contributed by atoms with van der Waals surface area (Å²) in [4.78, 5) is 53.6. The number of carbonyl (C=O) groups is 4. The quantitative estimate of drug-likeness (QED) is 0.0330. The van der Waals surface area contributed by atoms with Gasteiger partial charge in [0.25, 0.3) is 0 Å². The number of nitrogens with zero attached hydrogens (tertiary/aromatic N) is 1. The number of thiol groups is 1. The minimum Gasteiger partial charge on any atom is -0.480 e. The van der Waals surface area contributed by atoms with Crippen molar-refractivity contribution in [1.82, 2.24) is 16.0 Å². The van der Waals surface area contributed by atoms with Gasteiger partial charge in [-0.1, -0.05) is 6.42 Å². The van der Waals surface area contributed by atoms with E-state index in [1.54, 1.807) is 0 Å². The first-order valence-electron chi connectivity index (χ1n) is 12.0. The highest BCUT2D eigenvalue weighted by Crippen LogP contribution is 2.07. The van der Waals surface area contributed by atoms with Gasteiger partial charge in [0.2, 0.25) is 17.7 Å². The molecule has 0 aliphatic heterocycles. The second-order valence-electron chi connectivity index (χ2n) is 8.33. The fourth-order valence-corrected chi connectivity index (χ4v) is 3.43. The van der Waals surface area contributed by atoms with Crippen LogP contribution in [0.1, 0.15) is 51.4 Å². The number of rotatable bonds is 20. The zero-order valence-corrected chi connectivity index (χ0v) is 21.6. The summed E-state index contributed by atoms with van der Waals surface area (Å²) in [6.07, 6.45) is 3.72. The van der Waals surface area contributed by atoms with Gasteiger partial charge in [-0.15, -0.1) is 0 Å². The highest BCUT2D eigenvalue weighted by molar-refractivity contribution is 7.80. The molecule has 4 unspecified atom stereocenters. The number of carboxylic acid groups (broad SMARTS) is 1. The largest absolute Gasteiger partial charge is 0.480 e. The zero-order chi connectivity index (χ0) is 27.5. The van der Waals surface area contributed by atoms with Crippen LogP contribution in [-0.2, 0) is 19.2 Å². The normalized spacial score (nSPS) is 14.1. The molecule has 3 amide bonds. The van der Waals surface area contributed by atoms with Crippen molar-refractivity contribution in [2.45, 2.75) is 75.5 Å². The van der Waals surface area contributed by atoms with E-state index in [-0.39, 0.29) is 31.1 Å². The monoisotopic (exact) mass is 533 g/mol. The molecule has 0 aromatic heterocycles. The number of unbranched alkanes of at least 4 members (excludes halogenated alkanes) is 2. The van der Waals surface area contributed by atoms with Crippen molar-refractivity contribution in [2.75, 3.05) is 25.4 Å². The molecule has 208 valence electrons. The van der Waals surface area contributed by atoms with Crippen LogP contribution in [-0.4, -0.2) is 84.3 Å². The van der Waals surface area contributed by atoms with Gasteiger partial charge in [0.05, 0.1) is 6.04 Å². The second-order valence-corrected chi connectivity index (χ2v) is 8.69. The molecule has 0 fully saturated rings. The van der Waals surface area contributed by atoms with Crippen LogP contribution in [0.15, 0.2) is 4.99 Å². The van der Waals surface area contributed by atoms with Gasteiger partial charge in [0, 0.05) is 12.3 Å². The van der Waals surface area contributed by atoms with Crippen LogP contribution in [0.4, 0.5) is 0 Å². The second kappa shape index (κ2) is 19.6. The average Bonchev–Trinajstić information content (AvgIpc) is 2.83. The third-order valence-corrected chi connectivity index (χ3v) is 5.63. The number of aliphatic imine (C=N–C) groups is 1. The van der Waals surface area contributed by atoms with E-state index in [0.717, 1.165) is 6.42 Å². The van der Waals surface area contributed by atoms with E-state index in [2.05, 4.69) is 33.6 Å². The van der Waals surface area contributed by atoms with Crippen LogP contribution in [0.3, 0.4) is 0 Å². The lowest BCUT2D eigenvalue weighted by molar-refractivity contribution is -0.141. The molecule has 0 aromatic carbocycles. The topological polar surface area (TPSA) is 267 Å². The first-order chi connectivity index (χ1) is 17.1. The lowest BCUT2D eigenvalue weighted by Gasteiger charge is -2.25. The van der Waals surface area contributed by atoms with E-state index < -0.39 is 47.9 Å². The summed E-state index contributed by atoms with van der Waals surface area (Å²) < 4.78 is 0. The smallest absolute Gasteiger partial charge is 0.327 e. The van der Waals surface area contributed by atoms with Gasteiger partial charge >= 0.3 is 5.97 Å². The number of amides is 3. The lowest BCUT2D eigenvalue weighted by atomic mass is 10.0. The molecule has 0 rings (SSSR count). The van der Waals surface area contributed by atoms with Crippen LogP contribution in [0.2, 0.25) is 0 Å². The third-order valence-electron chi connectivity index (χ3n) is 5.26. The first-order valence-corrected chi connectivity index (χ1v) is 12.7. The van der Waals surface area contributed by atoms with E-state index in [1.165, 1.54) is 0 Å². The SMILES string of the molecule is NCCCCC(N)C(=O)NC(CCCCN)C(=O)NC(CCCN=C(N)N)C(=O)NC(CS)C(=O)O. The number of hydrogen-bond acceptors (Lipinski definition) is 9. The number of nitrogens with one attached hydrogen (secondary N) is 3. The van der Waals surface area contributed by atoms with E-state index >= 15 is 0 Å². The van der Waals surface area contributed by atoms with E-state index in [4.69, 9.17) is 28.7 Å². The fraction of sp³-hybridized carbons (Fsp3) is 0.762. The summed E-state index contributed by atoms with van der Waals surface area (Å²) in [5.41, 5.74) is 27.6. The van der Waals surface area contributed by atoms with Crippen LogP contribution >= 0.6 is 12.6 Å². The summed E-state index contributed by atoms with van der Waals surface area (Å²) in [5.74, 6) is -3.33.